The first-order chi connectivity index (χ1) is 6.92. The third-order valence-corrected chi connectivity index (χ3v) is 2.10. The van der Waals surface area contributed by atoms with Gasteiger partial charge in [-0.1, -0.05) is 12.1 Å². The van der Waals surface area contributed by atoms with Gasteiger partial charge in [-0.3, -0.25) is 0 Å². The Kier molecular flexibility index (Phi) is 2.70. The minimum atomic E-state index is 0.195. The predicted octanol–water partition coefficient (Wildman–Crippen LogP) is 1.85. The van der Waals surface area contributed by atoms with E-state index in [0.29, 0.717) is 0 Å². The second-order valence-corrected chi connectivity index (χ2v) is 3.08. The van der Waals surface area contributed by atoms with E-state index < -0.39 is 0 Å². The molecular formula is C11H12O3. The van der Waals surface area contributed by atoms with E-state index in [1.807, 2.05) is 18.2 Å². The van der Waals surface area contributed by atoms with Crippen LogP contribution >= 0.6 is 0 Å². The number of rotatable bonds is 3. The third kappa shape index (κ3) is 1.72. The molecule has 1 aromatic rings. The Morgan fingerprint density at radius 2 is 2.00 bits per heavy atom. The zero-order chi connectivity index (χ0) is 9.80. The molecule has 1 aliphatic rings. The van der Waals surface area contributed by atoms with Crippen LogP contribution in [0.25, 0.3) is 0 Å². The number of ether oxygens (including phenoxy) is 2. The number of fused-ring (bicyclic) bond motifs is 1. The van der Waals surface area contributed by atoms with E-state index in [4.69, 9.17) is 14.6 Å². The first-order valence-electron chi connectivity index (χ1n) is 4.63. The van der Waals surface area contributed by atoms with Gasteiger partial charge in [0.2, 0.25) is 0 Å². The normalized spacial score (nSPS) is 12.9. The van der Waals surface area contributed by atoms with Gasteiger partial charge in [-0.15, -0.1) is 0 Å². The van der Waals surface area contributed by atoms with Crippen LogP contribution < -0.4 is 9.47 Å². The largest absolute Gasteiger partial charge is 0.458 e. The molecule has 0 saturated heterocycles. The van der Waals surface area contributed by atoms with E-state index in [2.05, 4.69) is 0 Å². The summed E-state index contributed by atoms with van der Waals surface area (Å²) in [5.74, 6) is 1.51. The number of benzene rings is 1. The number of hydrogen-bond donors (Lipinski definition) is 1. The fourth-order valence-electron chi connectivity index (χ4n) is 1.45. The molecule has 14 heavy (non-hydrogen) atoms. The first kappa shape index (κ1) is 9.09. The molecule has 1 aromatic carbocycles. The molecule has 0 unspecified atom stereocenters. The average molecular weight is 192 g/mol. The van der Waals surface area contributed by atoms with E-state index in [1.54, 1.807) is 0 Å². The van der Waals surface area contributed by atoms with Crippen molar-refractivity contribution in [2.45, 2.75) is 12.8 Å². The monoisotopic (exact) mass is 192 g/mol. The van der Waals surface area contributed by atoms with Crippen LogP contribution in [-0.2, 0) is 6.42 Å². The van der Waals surface area contributed by atoms with Gasteiger partial charge in [-0.25, -0.2) is 0 Å². The minimum absolute atomic E-state index is 0.195. The number of hydrogen-bond acceptors (Lipinski definition) is 3. The summed E-state index contributed by atoms with van der Waals surface area (Å²) in [5, 5.41) is 8.75. The molecule has 1 aliphatic heterocycles. The zero-order valence-electron chi connectivity index (χ0n) is 7.77. The Hall–Kier alpha value is -1.48. The van der Waals surface area contributed by atoms with E-state index in [9.17, 15) is 0 Å². The molecule has 0 spiro atoms. The first-order valence-corrected chi connectivity index (χ1v) is 4.63. The molecule has 0 radical (unpaired) electrons. The van der Waals surface area contributed by atoms with Gasteiger partial charge in [-0.05, 0) is 24.5 Å². The summed E-state index contributed by atoms with van der Waals surface area (Å²) >= 11 is 0. The topological polar surface area (TPSA) is 38.7 Å². The molecule has 3 nitrogen and oxygen atoms in total. The summed E-state index contributed by atoms with van der Waals surface area (Å²) in [6, 6.07) is 5.77. The molecule has 74 valence electrons. The fraction of sp³-hybridized carbons (Fsp3) is 0.273. The lowest BCUT2D eigenvalue weighted by atomic mass is 10.1. The molecule has 0 aliphatic carbocycles. The highest BCUT2D eigenvalue weighted by molar-refractivity contribution is 5.48. The van der Waals surface area contributed by atoms with Gasteiger partial charge >= 0.3 is 0 Å². The van der Waals surface area contributed by atoms with Crippen molar-refractivity contribution in [3.05, 3.63) is 36.3 Å². The summed E-state index contributed by atoms with van der Waals surface area (Å²) in [7, 11) is 0. The molecule has 0 fully saturated rings. The van der Waals surface area contributed by atoms with Crippen LogP contribution in [0.5, 0.6) is 11.5 Å². The van der Waals surface area contributed by atoms with Gasteiger partial charge < -0.3 is 14.6 Å². The molecule has 0 atom stereocenters. The lowest BCUT2D eigenvalue weighted by Gasteiger charge is -2.15. The lowest BCUT2D eigenvalue weighted by Crippen LogP contribution is -2.00. The zero-order valence-corrected chi connectivity index (χ0v) is 7.77. The van der Waals surface area contributed by atoms with Crippen molar-refractivity contribution in [1.82, 2.24) is 0 Å². The molecule has 3 heteroatoms. The van der Waals surface area contributed by atoms with Crippen LogP contribution in [0, 0.1) is 0 Å². The van der Waals surface area contributed by atoms with Crippen molar-refractivity contribution in [2.75, 3.05) is 6.61 Å². The quantitative estimate of drug-likeness (QED) is 0.794. The summed E-state index contributed by atoms with van der Waals surface area (Å²) < 4.78 is 10.6. The Bertz CT molecular complexity index is 344. The highest BCUT2D eigenvalue weighted by Gasteiger charge is 2.12. The second kappa shape index (κ2) is 4.15. The van der Waals surface area contributed by atoms with Crippen molar-refractivity contribution < 1.29 is 14.6 Å². The maximum Gasteiger partial charge on any atom is 0.172 e. The average Bonchev–Trinajstić information content (AvgIpc) is 2.26. The number of para-hydroxylation sites is 1. The van der Waals surface area contributed by atoms with E-state index >= 15 is 0 Å². The summed E-state index contributed by atoms with van der Waals surface area (Å²) in [4.78, 5) is 0. The predicted molar refractivity (Wildman–Crippen MR) is 52.2 cm³/mol. The Morgan fingerprint density at radius 3 is 2.86 bits per heavy atom. The molecule has 1 N–H and O–H groups in total. The van der Waals surface area contributed by atoms with Crippen molar-refractivity contribution in [1.29, 1.82) is 0 Å². The molecule has 0 aromatic heterocycles. The summed E-state index contributed by atoms with van der Waals surface area (Å²) in [6.07, 6.45) is 4.57. The smallest absolute Gasteiger partial charge is 0.172 e. The molecule has 2 rings (SSSR count). The van der Waals surface area contributed by atoms with E-state index in [1.165, 1.54) is 12.5 Å². The maximum absolute atomic E-state index is 8.75. The van der Waals surface area contributed by atoms with Gasteiger partial charge in [0.05, 0.1) is 0 Å². The van der Waals surface area contributed by atoms with Gasteiger partial charge in [0.1, 0.15) is 12.5 Å². The Labute approximate surface area is 82.6 Å². The van der Waals surface area contributed by atoms with Crippen LogP contribution in [0.2, 0.25) is 0 Å². The van der Waals surface area contributed by atoms with Crippen LogP contribution in [0.15, 0.2) is 30.7 Å². The second-order valence-electron chi connectivity index (χ2n) is 3.08. The lowest BCUT2D eigenvalue weighted by molar-refractivity contribution is 0.287. The SMILES string of the molecule is OCCCc1cccc2c1OC=CO2. The van der Waals surface area contributed by atoms with Crippen LogP contribution in [0.1, 0.15) is 12.0 Å². The third-order valence-electron chi connectivity index (χ3n) is 2.10. The van der Waals surface area contributed by atoms with Crippen LogP contribution in [-0.4, -0.2) is 11.7 Å². The van der Waals surface area contributed by atoms with Crippen molar-refractivity contribution in [3.63, 3.8) is 0 Å². The van der Waals surface area contributed by atoms with Gasteiger partial charge in [0, 0.05) is 6.61 Å². The van der Waals surface area contributed by atoms with Crippen LogP contribution in [0.4, 0.5) is 0 Å². The van der Waals surface area contributed by atoms with Crippen LogP contribution in [0.3, 0.4) is 0 Å². The van der Waals surface area contributed by atoms with Crippen molar-refractivity contribution >= 4 is 0 Å². The van der Waals surface area contributed by atoms with Gasteiger partial charge in [0.25, 0.3) is 0 Å². The molecule has 0 amide bonds. The number of aryl methyl sites for hydroxylation is 1. The maximum atomic E-state index is 8.75. The molecule has 0 saturated carbocycles. The summed E-state index contributed by atoms with van der Waals surface area (Å²) in [5.41, 5.74) is 1.07. The van der Waals surface area contributed by atoms with Gasteiger partial charge in [-0.2, -0.15) is 0 Å². The Balaban J connectivity index is 2.24. The Morgan fingerprint density at radius 1 is 1.14 bits per heavy atom. The van der Waals surface area contributed by atoms with E-state index in [0.717, 1.165) is 29.9 Å². The summed E-state index contributed by atoms with van der Waals surface area (Å²) in [6.45, 7) is 0.195. The standard InChI is InChI=1S/C11H12O3/c12-6-2-4-9-3-1-5-10-11(9)14-8-7-13-10/h1,3,5,7-8,12H,2,4,6H2. The fourth-order valence-corrected chi connectivity index (χ4v) is 1.45. The minimum Gasteiger partial charge on any atom is -0.458 e. The van der Waals surface area contributed by atoms with Crippen molar-refractivity contribution in [2.24, 2.45) is 0 Å². The van der Waals surface area contributed by atoms with Gasteiger partial charge in [0.15, 0.2) is 11.5 Å². The molecule has 1 heterocycles. The number of aliphatic hydroxyl groups is 1. The number of aliphatic hydroxyl groups excluding tert-OH is 1. The highest BCUT2D eigenvalue weighted by Crippen LogP contribution is 2.34. The molecule has 0 bridgehead atoms. The highest BCUT2D eigenvalue weighted by atomic mass is 16.5. The van der Waals surface area contributed by atoms with E-state index in [-0.39, 0.29) is 6.61 Å². The molecular weight excluding hydrogens is 180 g/mol. The van der Waals surface area contributed by atoms with Crippen molar-refractivity contribution in [3.8, 4) is 11.5 Å².